The molecule has 8 aromatic rings. The predicted octanol–water partition coefficient (Wildman–Crippen LogP) is 7.50. The van der Waals surface area contributed by atoms with Gasteiger partial charge >= 0.3 is 0 Å². The Kier molecular flexibility index (Phi) is 4.99. The second-order valence-corrected chi connectivity index (χ2v) is 9.55. The average molecular weight is 519 g/mol. The van der Waals surface area contributed by atoms with Crippen molar-refractivity contribution in [3.8, 4) is 28.7 Å². The number of hydrogen-bond acceptors (Lipinski definition) is 4. The zero-order valence-electron chi connectivity index (χ0n) is 21.3. The van der Waals surface area contributed by atoms with Gasteiger partial charge in [-0.2, -0.15) is 5.10 Å². The first kappa shape index (κ1) is 22.3. The SMILES string of the molecule is c1ccc(-n2c3ccccc3c3ccc(Oc4cccc(-n5ncc6ccn(-c7cccnc7)c65)c4)cc32)nc1. The molecule has 5 aromatic heterocycles. The molecule has 7 nitrogen and oxygen atoms in total. The number of para-hydroxylation sites is 1. The van der Waals surface area contributed by atoms with Crippen molar-refractivity contribution < 1.29 is 4.74 Å². The maximum absolute atomic E-state index is 6.43. The second-order valence-electron chi connectivity index (χ2n) is 9.55. The summed E-state index contributed by atoms with van der Waals surface area (Å²) in [6.07, 6.45) is 9.35. The fourth-order valence-corrected chi connectivity index (χ4v) is 5.39. The molecule has 0 bridgehead atoms. The summed E-state index contributed by atoms with van der Waals surface area (Å²) in [5, 5.41) is 8.05. The van der Waals surface area contributed by atoms with E-state index in [-0.39, 0.29) is 0 Å². The lowest BCUT2D eigenvalue weighted by Gasteiger charge is -2.11. The molecule has 0 amide bonds. The minimum atomic E-state index is 0.723. The lowest BCUT2D eigenvalue weighted by Crippen LogP contribution is -2.02. The second kappa shape index (κ2) is 8.96. The van der Waals surface area contributed by atoms with Gasteiger partial charge in [0, 0.05) is 46.9 Å². The van der Waals surface area contributed by atoms with Crippen molar-refractivity contribution in [1.29, 1.82) is 0 Å². The molecule has 40 heavy (non-hydrogen) atoms. The summed E-state index contributed by atoms with van der Waals surface area (Å²) < 4.78 is 12.6. The number of ether oxygens (including phenoxy) is 1. The van der Waals surface area contributed by atoms with Gasteiger partial charge in [0.15, 0.2) is 0 Å². The van der Waals surface area contributed by atoms with Crippen molar-refractivity contribution in [2.75, 3.05) is 0 Å². The molecule has 0 atom stereocenters. The van der Waals surface area contributed by atoms with Crippen LogP contribution in [-0.4, -0.2) is 28.9 Å². The van der Waals surface area contributed by atoms with Crippen LogP contribution in [0.15, 0.2) is 134 Å². The van der Waals surface area contributed by atoms with E-state index in [1.165, 1.54) is 5.39 Å². The van der Waals surface area contributed by atoms with Crippen molar-refractivity contribution in [2.45, 2.75) is 0 Å². The molecule has 7 heteroatoms. The molecule has 0 aliphatic rings. The fraction of sp³-hybridized carbons (Fsp3) is 0. The van der Waals surface area contributed by atoms with E-state index >= 15 is 0 Å². The zero-order valence-corrected chi connectivity index (χ0v) is 21.3. The number of pyridine rings is 2. The summed E-state index contributed by atoms with van der Waals surface area (Å²) in [7, 11) is 0. The number of hydrogen-bond donors (Lipinski definition) is 0. The van der Waals surface area contributed by atoms with Crippen LogP contribution in [0, 0.1) is 0 Å². The Bertz CT molecular complexity index is 2140. The number of benzene rings is 3. The molecule has 0 aliphatic heterocycles. The molecule has 8 rings (SSSR count). The molecule has 0 saturated heterocycles. The van der Waals surface area contributed by atoms with E-state index in [1.807, 2.05) is 90.1 Å². The molecular formula is C33H22N6O. The number of nitrogens with zero attached hydrogens (tertiary/aromatic N) is 6. The highest BCUT2D eigenvalue weighted by atomic mass is 16.5. The Hall–Kier alpha value is -5.69. The standard InChI is InChI=1S/C33H22N6O/c1-2-11-30-28(10-1)29-14-13-27(20-31(29)38(30)32-12-3-4-17-35-32)40-26-9-5-7-24(19-26)39-33-23(21-36-39)15-18-37(33)25-8-6-16-34-22-25/h1-22H. The fourth-order valence-electron chi connectivity index (χ4n) is 5.39. The number of fused-ring (bicyclic) bond motifs is 4. The van der Waals surface area contributed by atoms with Gasteiger partial charge in [0.2, 0.25) is 0 Å². The molecule has 190 valence electrons. The van der Waals surface area contributed by atoms with Gasteiger partial charge < -0.3 is 4.74 Å². The average Bonchev–Trinajstić information content (AvgIpc) is 3.70. The first-order valence-corrected chi connectivity index (χ1v) is 13.0. The van der Waals surface area contributed by atoms with Crippen LogP contribution in [0.4, 0.5) is 0 Å². The molecule has 0 spiro atoms. The van der Waals surface area contributed by atoms with E-state index in [9.17, 15) is 0 Å². The van der Waals surface area contributed by atoms with Gasteiger partial charge in [0.25, 0.3) is 0 Å². The smallest absolute Gasteiger partial charge is 0.148 e. The van der Waals surface area contributed by atoms with Gasteiger partial charge in [-0.05, 0) is 60.7 Å². The third kappa shape index (κ3) is 3.56. The van der Waals surface area contributed by atoms with Crippen molar-refractivity contribution in [3.05, 3.63) is 134 Å². The topological polar surface area (TPSA) is 62.7 Å². The summed E-state index contributed by atoms with van der Waals surface area (Å²) in [6, 6.07) is 34.6. The Labute approximate surface area is 229 Å². The van der Waals surface area contributed by atoms with E-state index in [0.29, 0.717) is 0 Å². The van der Waals surface area contributed by atoms with E-state index in [1.54, 1.807) is 6.20 Å². The quantitative estimate of drug-likeness (QED) is 0.237. The Balaban J connectivity index is 1.21. The normalized spacial score (nSPS) is 11.5. The van der Waals surface area contributed by atoms with Crippen molar-refractivity contribution in [3.63, 3.8) is 0 Å². The van der Waals surface area contributed by atoms with Gasteiger partial charge in [-0.1, -0.05) is 30.3 Å². The number of aromatic nitrogens is 6. The minimum absolute atomic E-state index is 0.723. The summed E-state index contributed by atoms with van der Waals surface area (Å²) >= 11 is 0. The highest BCUT2D eigenvalue weighted by molar-refractivity contribution is 6.09. The molecule has 3 aromatic carbocycles. The van der Waals surface area contributed by atoms with Gasteiger partial charge in [0.05, 0.1) is 34.8 Å². The van der Waals surface area contributed by atoms with Crippen LogP contribution < -0.4 is 4.74 Å². The van der Waals surface area contributed by atoms with Crippen molar-refractivity contribution in [2.24, 2.45) is 0 Å². The molecule has 0 aliphatic carbocycles. The van der Waals surface area contributed by atoms with Gasteiger partial charge in [-0.15, -0.1) is 0 Å². The summed E-state index contributed by atoms with van der Waals surface area (Å²) in [5.74, 6) is 2.33. The third-order valence-corrected chi connectivity index (χ3v) is 7.15. The first-order valence-electron chi connectivity index (χ1n) is 13.0. The monoisotopic (exact) mass is 518 g/mol. The Morgan fingerprint density at radius 3 is 2.40 bits per heavy atom. The van der Waals surface area contributed by atoms with Crippen LogP contribution in [0.3, 0.4) is 0 Å². The summed E-state index contributed by atoms with van der Waals surface area (Å²) in [5.41, 5.74) is 4.99. The van der Waals surface area contributed by atoms with Gasteiger partial charge in [0.1, 0.15) is 23.0 Å². The van der Waals surface area contributed by atoms with Gasteiger partial charge in [-0.25, -0.2) is 9.67 Å². The first-order chi connectivity index (χ1) is 19.8. The highest BCUT2D eigenvalue weighted by Crippen LogP contribution is 2.35. The van der Waals surface area contributed by atoms with E-state index in [2.05, 4.69) is 66.7 Å². The molecule has 5 heterocycles. The largest absolute Gasteiger partial charge is 0.457 e. The van der Waals surface area contributed by atoms with Crippen molar-refractivity contribution in [1.82, 2.24) is 28.9 Å². The number of rotatable bonds is 5. The van der Waals surface area contributed by atoms with Gasteiger partial charge in [-0.3, -0.25) is 14.1 Å². The molecular weight excluding hydrogens is 496 g/mol. The van der Waals surface area contributed by atoms with Crippen LogP contribution in [0.2, 0.25) is 0 Å². The predicted molar refractivity (Wildman–Crippen MR) is 157 cm³/mol. The van der Waals surface area contributed by atoms with Crippen LogP contribution >= 0.6 is 0 Å². The third-order valence-electron chi connectivity index (χ3n) is 7.15. The maximum atomic E-state index is 6.43. The summed E-state index contributed by atoms with van der Waals surface area (Å²) in [4.78, 5) is 8.91. The van der Waals surface area contributed by atoms with Crippen LogP contribution in [-0.2, 0) is 0 Å². The van der Waals surface area contributed by atoms with E-state index < -0.39 is 0 Å². The molecule has 0 radical (unpaired) electrons. The zero-order chi connectivity index (χ0) is 26.5. The molecule has 0 fully saturated rings. The Morgan fingerprint density at radius 2 is 1.50 bits per heavy atom. The van der Waals surface area contributed by atoms with E-state index in [4.69, 9.17) is 4.74 Å². The maximum Gasteiger partial charge on any atom is 0.148 e. The van der Waals surface area contributed by atoms with E-state index in [0.717, 1.165) is 56.1 Å². The molecule has 0 saturated carbocycles. The highest BCUT2D eigenvalue weighted by Gasteiger charge is 2.15. The summed E-state index contributed by atoms with van der Waals surface area (Å²) in [6.45, 7) is 0. The Morgan fingerprint density at radius 1 is 0.625 bits per heavy atom. The lowest BCUT2D eigenvalue weighted by molar-refractivity contribution is 0.483. The lowest BCUT2D eigenvalue weighted by atomic mass is 10.1. The molecule has 0 unspecified atom stereocenters. The minimum Gasteiger partial charge on any atom is -0.457 e. The van der Waals surface area contributed by atoms with Crippen LogP contribution in [0.1, 0.15) is 0 Å². The van der Waals surface area contributed by atoms with Crippen molar-refractivity contribution >= 4 is 32.8 Å². The van der Waals surface area contributed by atoms with Crippen LogP contribution in [0.5, 0.6) is 11.5 Å². The molecule has 0 N–H and O–H groups in total. The van der Waals surface area contributed by atoms with Crippen LogP contribution in [0.25, 0.3) is 50.0 Å².